The van der Waals surface area contributed by atoms with Gasteiger partial charge in [0.25, 0.3) is 0 Å². The molecule has 1 aromatic rings. The van der Waals surface area contributed by atoms with Crippen molar-refractivity contribution in [3.05, 3.63) is 24.0 Å². The minimum atomic E-state index is -3.42. The van der Waals surface area contributed by atoms with E-state index in [0.29, 0.717) is 18.4 Å². The lowest BCUT2D eigenvalue weighted by molar-refractivity contribution is 0.199. The van der Waals surface area contributed by atoms with Crippen molar-refractivity contribution in [1.29, 1.82) is 5.26 Å². The summed E-state index contributed by atoms with van der Waals surface area (Å²) in [4.78, 5) is 1.78. The summed E-state index contributed by atoms with van der Waals surface area (Å²) in [7, 11) is -3.42. The molecule has 3 rings (SSSR count). The third-order valence-electron chi connectivity index (χ3n) is 5.93. The van der Waals surface area contributed by atoms with Gasteiger partial charge in [0.05, 0.1) is 11.5 Å². The summed E-state index contributed by atoms with van der Waals surface area (Å²) in [6, 6.07) is 3.77. The fourth-order valence-corrected chi connectivity index (χ4v) is 4.72. The molecule has 26 heavy (non-hydrogen) atoms. The molecular formula is C19H25FN2O3S. The Hall–Kier alpha value is -1.81. The van der Waals surface area contributed by atoms with Gasteiger partial charge in [-0.15, -0.1) is 0 Å². The molecule has 1 aliphatic heterocycles. The molecule has 7 heteroatoms. The standard InChI is InChI=1S/C19H25FN2O3S/c1-19(12-16(19)14-5-8-22(13-21)9-6-14)7-10-25-18-4-3-15(11-17(18)20)26(2,23)24/h3-4,11,14,16H,5-10,12H2,1-2H3. The highest BCUT2D eigenvalue weighted by Gasteiger charge is 2.53. The molecule has 1 saturated carbocycles. The van der Waals surface area contributed by atoms with Gasteiger partial charge in [-0.1, -0.05) is 6.92 Å². The van der Waals surface area contributed by atoms with Crippen LogP contribution in [0, 0.1) is 34.5 Å². The first-order valence-corrected chi connectivity index (χ1v) is 10.9. The Morgan fingerprint density at radius 2 is 2.08 bits per heavy atom. The first kappa shape index (κ1) is 19.0. The fourth-order valence-electron chi connectivity index (χ4n) is 4.09. The summed E-state index contributed by atoms with van der Waals surface area (Å²) >= 11 is 0. The van der Waals surface area contributed by atoms with E-state index in [9.17, 15) is 12.8 Å². The van der Waals surface area contributed by atoms with Crippen molar-refractivity contribution in [2.45, 2.75) is 37.5 Å². The minimum absolute atomic E-state index is 0.0414. The number of nitrogens with zero attached hydrogens (tertiary/aromatic N) is 2. The van der Waals surface area contributed by atoms with Gasteiger partial charge >= 0.3 is 0 Å². The Bertz CT molecular complexity index is 813. The monoisotopic (exact) mass is 380 g/mol. The first-order chi connectivity index (χ1) is 12.2. The molecule has 142 valence electrons. The second-order valence-corrected chi connectivity index (χ2v) is 9.87. The van der Waals surface area contributed by atoms with Gasteiger partial charge in [0.1, 0.15) is 0 Å². The number of likely N-dealkylation sites (tertiary alicyclic amines) is 1. The van der Waals surface area contributed by atoms with Gasteiger partial charge in [-0.2, -0.15) is 5.26 Å². The molecule has 1 aromatic carbocycles. The lowest BCUT2D eigenvalue weighted by atomic mass is 9.87. The maximum absolute atomic E-state index is 14.0. The summed E-state index contributed by atoms with van der Waals surface area (Å²) in [5.41, 5.74) is 0.225. The summed E-state index contributed by atoms with van der Waals surface area (Å²) in [5, 5.41) is 8.94. The topological polar surface area (TPSA) is 70.4 Å². The molecule has 0 spiro atoms. The van der Waals surface area contributed by atoms with Gasteiger partial charge < -0.3 is 9.64 Å². The van der Waals surface area contributed by atoms with Gasteiger partial charge in [-0.05, 0) is 61.1 Å². The molecule has 1 saturated heterocycles. The number of piperidine rings is 1. The molecule has 0 N–H and O–H groups in total. The van der Waals surface area contributed by atoms with Gasteiger partial charge in [0.15, 0.2) is 27.6 Å². The highest BCUT2D eigenvalue weighted by atomic mass is 32.2. The van der Waals surface area contributed by atoms with Crippen LogP contribution in [0.5, 0.6) is 5.75 Å². The van der Waals surface area contributed by atoms with Crippen LogP contribution >= 0.6 is 0 Å². The predicted octanol–water partition coefficient (Wildman–Crippen LogP) is 3.22. The Labute approximate surface area is 154 Å². The lowest BCUT2D eigenvalue weighted by Crippen LogP contribution is -2.31. The second kappa shape index (κ2) is 7.07. The van der Waals surface area contributed by atoms with Crippen LogP contribution in [0.25, 0.3) is 0 Å². The molecule has 1 heterocycles. The summed E-state index contributed by atoms with van der Waals surface area (Å²) < 4.78 is 42.5. The average Bonchev–Trinajstić information content (AvgIpc) is 3.27. The number of benzene rings is 1. The summed E-state index contributed by atoms with van der Waals surface area (Å²) in [5.74, 6) is 0.773. The highest BCUT2D eigenvalue weighted by Crippen LogP contribution is 2.60. The molecule has 2 aliphatic rings. The van der Waals surface area contributed by atoms with E-state index in [0.717, 1.165) is 51.1 Å². The lowest BCUT2D eigenvalue weighted by Gasteiger charge is -2.29. The van der Waals surface area contributed by atoms with Crippen LogP contribution in [0.4, 0.5) is 4.39 Å². The first-order valence-electron chi connectivity index (χ1n) is 9.00. The molecule has 0 radical (unpaired) electrons. The van der Waals surface area contributed by atoms with E-state index in [-0.39, 0.29) is 16.1 Å². The van der Waals surface area contributed by atoms with Crippen molar-refractivity contribution >= 4 is 9.84 Å². The fraction of sp³-hybridized carbons (Fsp3) is 0.632. The van der Waals surface area contributed by atoms with E-state index in [2.05, 4.69) is 13.1 Å². The van der Waals surface area contributed by atoms with Gasteiger partial charge in [-0.3, -0.25) is 0 Å². The predicted molar refractivity (Wildman–Crippen MR) is 95.7 cm³/mol. The number of ether oxygens (including phenoxy) is 1. The van der Waals surface area contributed by atoms with E-state index in [1.54, 1.807) is 0 Å². The van der Waals surface area contributed by atoms with Gasteiger partial charge in [0, 0.05) is 19.3 Å². The van der Waals surface area contributed by atoms with Crippen LogP contribution < -0.4 is 4.74 Å². The largest absolute Gasteiger partial charge is 0.490 e. The van der Waals surface area contributed by atoms with Crippen molar-refractivity contribution in [3.8, 4) is 11.9 Å². The third-order valence-corrected chi connectivity index (χ3v) is 7.04. The maximum Gasteiger partial charge on any atom is 0.179 e. The molecule has 2 unspecified atom stereocenters. The number of hydrogen-bond donors (Lipinski definition) is 0. The van der Waals surface area contributed by atoms with Crippen LogP contribution in [0.3, 0.4) is 0 Å². The molecule has 0 amide bonds. The highest BCUT2D eigenvalue weighted by molar-refractivity contribution is 7.90. The van der Waals surface area contributed by atoms with Gasteiger partial charge in [0.2, 0.25) is 0 Å². The van der Waals surface area contributed by atoms with E-state index >= 15 is 0 Å². The molecule has 2 atom stereocenters. The van der Waals surface area contributed by atoms with Crippen molar-refractivity contribution in [3.63, 3.8) is 0 Å². The SMILES string of the molecule is CC1(CCOc2ccc(S(C)(=O)=O)cc2F)CC1C1CCN(C#N)CC1. The van der Waals surface area contributed by atoms with E-state index in [4.69, 9.17) is 10.00 Å². The average molecular weight is 380 g/mol. The molecule has 1 aliphatic carbocycles. The van der Waals surface area contributed by atoms with E-state index < -0.39 is 15.7 Å². The van der Waals surface area contributed by atoms with E-state index in [1.807, 2.05) is 4.90 Å². The zero-order valence-corrected chi connectivity index (χ0v) is 16.1. The molecule has 2 fully saturated rings. The van der Waals surface area contributed by atoms with Crippen LogP contribution in [0.1, 0.15) is 32.6 Å². The Kier molecular flexibility index (Phi) is 5.16. The molecular weight excluding hydrogens is 355 g/mol. The number of halogens is 1. The second-order valence-electron chi connectivity index (χ2n) is 7.85. The smallest absolute Gasteiger partial charge is 0.179 e. The number of hydrogen-bond acceptors (Lipinski definition) is 5. The summed E-state index contributed by atoms with van der Waals surface area (Å²) in [6.45, 7) is 4.37. The Morgan fingerprint density at radius 1 is 1.38 bits per heavy atom. The van der Waals surface area contributed by atoms with Crippen LogP contribution in [-0.4, -0.2) is 39.3 Å². The van der Waals surface area contributed by atoms with Crippen molar-refractivity contribution < 1.29 is 17.5 Å². The Morgan fingerprint density at radius 3 is 2.65 bits per heavy atom. The van der Waals surface area contributed by atoms with Crippen molar-refractivity contribution in [2.75, 3.05) is 26.0 Å². The Balaban J connectivity index is 1.49. The summed E-state index contributed by atoms with van der Waals surface area (Å²) in [6.07, 6.45) is 7.41. The maximum atomic E-state index is 14.0. The zero-order chi connectivity index (χ0) is 18.9. The normalized spacial score (nSPS) is 26.4. The van der Waals surface area contributed by atoms with Gasteiger partial charge in [-0.25, -0.2) is 12.8 Å². The van der Waals surface area contributed by atoms with Crippen LogP contribution in [0.2, 0.25) is 0 Å². The molecule has 5 nitrogen and oxygen atoms in total. The zero-order valence-electron chi connectivity index (χ0n) is 15.2. The van der Waals surface area contributed by atoms with Crippen LogP contribution in [0.15, 0.2) is 23.1 Å². The third kappa shape index (κ3) is 4.12. The van der Waals surface area contributed by atoms with Crippen molar-refractivity contribution in [1.82, 2.24) is 4.90 Å². The number of rotatable bonds is 6. The quantitative estimate of drug-likeness (QED) is 0.709. The minimum Gasteiger partial charge on any atom is -0.490 e. The van der Waals surface area contributed by atoms with Crippen LogP contribution in [-0.2, 0) is 9.84 Å². The van der Waals surface area contributed by atoms with Crippen molar-refractivity contribution in [2.24, 2.45) is 17.3 Å². The number of nitriles is 1. The molecule has 0 bridgehead atoms. The number of sulfone groups is 1. The molecule has 0 aromatic heterocycles. The van der Waals surface area contributed by atoms with E-state index in [1.165, 1.54) is 12.1 Å².